The SMILES string of the molecule is Cc1c2c(=O)n(-c3ccc(F)cc3)n(Cc3ccccc3)c2cc(=O)n1Cc1ccccc1. The van der Waals surface area contributed by atoms with Crippen molar-refractivity contribution in [2.75, 3.05) is 0 Å². The van der Waals surface area contributed by atoms with E-state index in [1.807, 2.05) is 60.7 Å². The van der Waals surface area contributed by atoms with Gasteiger partial charge in [0, 0.05) is 11.8 Å². The lowest BCUT2D eigenvalue weighted by molar-refractivity contribution is 0.604. The van der Waals surface area contributed by atoms with Gasteiger partial charge in [-0.2, -0.15) is 0 Å². The van der Waals surface area contributed by atoms with Crippen LogP contribution in [-0.2, 0) is 13.1 Å². The number of halogens is 1. The first-order valence-corrected chi connectivity index (χ1v) is 10.7. The van der Waals surface area contributed by atoms with Crippen LogP contribution in [0.4, 0.5) is 4.39 Å². The van der Waals surface area contributed by atoms with Gasteiger partial charge in [-0.3, -0.25) is 14.3 Å². The van der Waals surface area contributed by atoms with Crippen molar-refractivity contribution in [3.8, 4) is 5.69 Å². The zero-order chi connectivity index (χ0) is 22.9. The molecular formula is C27H22FN3O2. The van der Waals surface area contributed by atoms with Gasteiger partial charge in [0.15, 0.2) is 0 Å². The van der Waals surface area contributed by atoms with Crippen molar-refractivity contribution in [2.24, 2.45) is 0 Å². The number of rotatable bonds is 5. The lowest BCUT2D eigenvalue weighted by Gasteiger charge is -2.14. The average molecular weight is 439 g/mol. The number of aryl methyl sites for hydroxylation is 1. The van der Waals surface area contributed by atoms with Crippen molar-refractivity contribution in [1.82, 2.24) is 13.9 Å². The molecule has 0 aliphatic heterocycles. The van der Waals surface area contributed by atoms with E-state index in [2.05, 4.69) is 0 Å². The van der Waals surface area contributed by atoms with Crippen LogP contribution < -0.4 is 11.1 Å². The van der Waals surface area contributed by atoms with E-state index in [0.717, 1.165) is 11.1 Å². The van der Waals surface area contributed by atoms with Crippen LogP contribution in [0.15, 0.2) is 101 Å². The molecule has 2 aromatic heterocycles. The predicted molar refractivity (Wildman–Crippen MR) is 128 cm³/mol. The zero-order valence-electron chi connectivity index (χ0n) is 18.1. The van der Waals surface area contributed by atoms with E-state index in [1.54, 1.807) is 28.3 Å². The summed E-state index contributed by atoms with van der Waals surface area (Å²) in [6.45, 7) is 2.57. The van der Waals surface area contributed by atoms with Gasteiger partial charge in [0.1, 0.15) is 5.82 Å². The molecule has 0 unspecified atom stereocenters. The predicted octanol–water partition coefficient (Wildman–Crippen LogP) is 4.50. The maximum atomic E-state index is 13.7. The molecule has 0 spiro atoms. The summed E-state index contributed by atoms with van der Waals surface area (Å²) in [7, 11) is 0. The Morgan fingerprint density at radius 1 is 0.758 bits per heavy atom. The zero-order valence-corrected chi connectivity index (χ0v) is 18.1. The Labute approximate surface area is 189 Å². The van der Waals surface area contributed by atoms with Gasteiger partial charge in [-0.15, -0.1) is 0 Å². The van der Waals surface area contributed by atoms with Crippen LogP contribution in [0.25, 0.3) is 16.6 Å². The molecule has 2 heterocycles. The third kappa shape index (κ3) is 3.80. The Balaban J connectivity index is 1.77. The summed E-state index contributed by atoms with van der Waals surface area (Å²) in [5.41, 5.74) is 3.23. The van der Waals surface area contributed by atoms with Crippen LogP contribution in [0.5, 0.6) is 0 Å². The molecule has 164 valence electrons. The Morgan fingerprint density at radius 2 is 1.33 bits per heavy atom. The molecule has 0 bridgehead atoms. The number of aromatic nitrogens is 3. The molecule has 0 aliphatic carbocycles. The summed E-state index contributed by atoms with van der Waals surface area (Å²) in [6.07, 6.45) is 0. The number of nitrogens with zero attached hydrogens (tertiary/aromatic N) is 3. The standard InChI is InChI=1S/C27H22FN3O2/c1-19-26-24(16-25(32)29(19)17-20-8-4-2-5-9-20)30(18-21-10-6-3-7-11-21)31(27(26)33)23-14-12-22(28)13-15-23/h2-16H,17-18H2,1H3. The maximum absolute atomic E-state index is 13.7. The monoisotopic (exact) mass is 439 g/mol. The highest BCUT2D eigenvalue weighted by molar-refractivity contribution is 5.81. The van der Waals surface area contributed by atoms with Crippen LogP contribution in [0, 0.1) is 12.7 Å². The van der Waals surface area contributed by atoms with Crippen molar-refractivity contribution in [2.45, 2.75) is 20.0 Å². The number of benzene rings is 3. The largest absolute Gasteiger partial charge is 0.308 e. The topological polar surface area (TPSA) is 48.9 Å². The van der Waals surface area contributed by atoms with Crippen LogP contribution in [0.2, 0.25) is 0 Å². The molecule has 0 atom stereocenters. The first-order chi connectivity index (χ1) is 16.0. The van der Waals surface area contributed by atoms with Crippen molar-refractivity contribution in [3.05, 3.63) is 134 Å². The van der Waals surface area contributed by atoms with Gasteiger partial charge in [-0.1, -0.05) is 60.7 Å². The minimum atomic E-state index is -0.378. The molecule has 0 radical (unpaired) electrons. The minimum Gasteiger partial charge on any atom is -0.308 e. The highest BCUT2D eigenvalue weighted by Gasteiger charge is 2.20. The third-order valence-electron chi connectivity index (χ3n) is 5.90. The Hall–Kier alpha value is -4.19. The van der Waals surface area contributed by atoms with Gasteiger partial charge in [0.25, 0.3) is 11.1 Å². The molecule has 6 heteroatoms. The van der Waals surface area contributed by atoms with Crippen molar-refractivity contribution >= 4 is 10.9 Å². The Bertz CT molecular complexity index is 1550. The second-order valence-corrected chi connectivity index (χ2v) is 8.04. The lowest BCUT2D eigenvalue weighted by atomic mass is 10.2. The molecule has 0 N–H and O–H groups in total. The third-order valence-corrected chi connectivity index (χ3v) is 5.90. The van der Waals surface area contributed by atoms with Crippen molar-refractivity contribution in [3.63, 3.8) is 0 Å². The first kappa shape index (κ1) is 20.7. The molecule has 33 heavy (non-hydrogen) atoms. The van der Waals surface area contributed by atoms with Crippen LogP contribution in [0.1, 0.15) is 16.8 Å². The molecule has 0 saturated heterocycles. The molecular weight excluding hydrogens is 417 g/mol. The summed E-state index contributed by atoms with van der Waals surface area (Å²) in [4.78, 5) is 26.8. The molecule has 0 aliphatic rings. The molecule has 5 nitrogen and oxygen atoms in total. The highest BCUT2D eigenvalue weighted by Crippen LogP contribution is 2.20. The number of pyridine rings is 1. The summed E-state index contributed by atoms with van der Waals surface area (Å²) >= 11 is 0. The molecule has 5 rings (SSSR count). The quantitative estimate of drug-likeness (QED) is 0.405. The van der Waals surface area contributed by atoms with Crippen molar-refractivity contribution < 1.29 is 4.39 Å². The van der Waals surface area contributed by atoms with Crippen LogP contribution in [-0.4, -0.2) is 13.9 Å². The fourth-order valence-electron chi connectivity index (χ4n) is 4.26. The summed E-state index contributed by atoms with van der Waals surface area (Å²) in [5, 5.41) is 0.478. The fourth-order valence-corrected chi connectivity index (χ4v) is 4.26. The first-order valence-electron chi connectivity index (χ1n) is 10.7. The molecule has 0 saturated carbocycles. The fraction of sp³-hybridized carbons (Fsp3) is 0.111. The maximum Gasteiger partial charge on any atom is 0.281 e. The smallest absolute Gasteiger partial charge is 0.281 e. The van der Waals surface area contributed by atoms with E-state index < -0.39 is 0 Å². The molecule has 0 fully saturated rings. The second-order valence-electron chi connectivity index (χ2n) is 8.04. The summed E-state index contributed by atoms with van der Waals surface area (Å²) < 4.78 is 18.5. The Morgan fingerprint density at radius 3 is 1.94 bits per heavy atom. The van der Waals surface area contributed by atoms with E-state index in [4.69, 9.17) is 0 Å². The summed E-state index contributed by atoms with van der Waals surface area (Å²) in [6, 6.07) is 26.7. The van der Waals surface area contributed by atoms with Crippen molar-refractivity contribution in [1.29, 1.82) is 0 Å². The van der Waals surface area contributed by atoms with Gasteiger partial charge in [0.05, 0.1) is 29.7 Å². The van der Waals surface area contributed by atoms with E-state index in [0.29, 0.717) is 35.4 Å². The van der Waals surface area contributed by atoms with Gasteiger partial charge in [-0.25, -0.2) is 9.07 Å². The molecule has 5 aromatic rings. The van der Waals surface area contributed by atoms with E-state index in [9.17, 15) is 14.0 Å². The number of fused-ring (bicyclic) bond motifs is 1. The minimum absolute atomic E-state index is 0.179. The molecule has 0 amide bonds. The Kier molecular flexibility index (Phi) is 5.26. The summed E-state index contributed by atoms with van der Waals surface area (Å²) in [5.74, 6) is -0.378. The highest BCUT2D eigenvalue weighted by atomic mass is 19.1. The van der Waals surface area contributed by atoms with Gasteiger partial charge in [-0.05, 0) is 42.3 Å². The van der Waals surface area contributed by atoms with Gasteiger partial charge >= 0.3 is 0 Å². The average Bonchev–Trinajstić information content (AvgIpc) is 3.09. The van der Waals surface area contributed by atoms with Crippen LogP contribution in [0.3, 0.4) is 0 Å². The van der Waals surface area contributed by atoms with Gasteiger partial charge < -0.3 is 4.57 Å². The van der Waals surface area contributed by atoms with E-state index in [1.165, 1.54) is 22.9 Å². The molecule has 3 aromatic carbocycles. The lowest BCUT2D eigenvalue weighted by Crippen LogP contribution is -2.23. The van der Waals surface area contributed by atoms with E-state index in [-0.39, 0.29) is 16.9 Å². The second kappa shape index (κ2) is 8.39. The normalized spacial score (nSPS) is 11.2. The van der Waals surface area contributed by atoms with Crippen LogP contribution >= 0.6 is 0 Å². The van der Waals surface area contributed by atoms with E-state index >= 15 is 0 Å². The number of hydrogen-bond donors (Lipinski definition) is 0. The number of hydrogen-bond acceptors (Lipinski definition) is 2. The van der Waals surface area contributed by atoms with Gasteiger partial charge in [0.2, 0.25) is 0 Å².